The molecule has 0 atom stereocenters. The number of amides is 1. The van der Waals surface area contributed by atoms with E-state index in [0.717, 1.165) is 27.8 Å². The number of imidazole rings is 1. The molecule has 2 N–H and O–H groups in total. The summed E-state index contributed by atoms with van der Waals surface area (Å²) in [6.07, 6.45) is 0. The number of benzene rings is 2. The van der Waals surface area contributed by atoms with Crippen molar-refractivity contribution in [3.8, 4) is 0 Å². The fraction of sp³-hybridized carbons (Fsp3) is 0.118. The Bertz CT molecular complexity index is 981. The molecule has 0 saturated carbocycles. The molecule has 6 heteroatoms. The van der Waals surface area contributed by atoms with Crippen molar-refractivity contribution in [2.45, 2.75) is 6.54 Å². The predicted octanol–water partition coefficient (Wildman–Crippen LogP) is 2.38. The Kier molecular flexibility index (Phi) is 3.08. The zero-order valence-corrected chi connectivity index (χ0v) is 12.6. The number of H-pyrrole nitrogens is 1. The zero-order chi connectivity index (χ0) is 15.8. The number of nitrogens with one attached hydrogen (secondary N) is 2. The van der Waals surface area contributed by atoms with Crippen LogP contribution >= 0.6 is 0 Å². The van der Waals surface area contributed by atoms with E-state index in [1.165, 1.54) is 0 Å². The minimum Gasteiger partial charge on any atom is -0.343 e. The molecule has 4 aromatic rings. The first kappa shape index (κ1) is 13.5. The molecule has 0 aliphatic rings. The first-order valence-corrected chi connectivity index (χ1v) is 7.36. The van der Waals surface area contributed by atoms with E-state index >= 15 is 0 Å². The molecule has 0 saturated heterocycles. The van der Waals surface area contributed by atoms with Gasteiger partial charge in [-0.3, -0.25) is 9.48 Å². The van der Waals surface area contributed by atoms with Gasteiger partial charge in [-0.1, -0.05) is 30.3 Å². The van der Waals surface area contributed by atoms with E-state index in [9.17, 15) is 4.79 Å². The molecule has 6 nitrogen and oxygen atoms in total. The molecule has 2 aromatic heterocycles. The molecule has 23 heavy (non-hydrogen) atoms. The van der Waals surface area contributed by atoms with E-state index in [4.69, 9.17) is 0 Å². The minimum atomic E-state index is -0.206. The Morgan fingerprint density at radius 1 is 1.17 bits per heavy atom. The van der Waals surface area contributed by atoms with Gasteiger partial charge in [-0.2, -0.15) is 5.10 Å². The lowest BCUT2D eigenvalue weighted by Crippen LogP contribution is -2.24. The lowest BCUT2D eigenvalue weighted by Gasteiger charge is -2.00. The largest absolute Gasteiger partial charge is 0.343 e. The number of fused-ring (bicyclic) bond motifs is 2. The maximum atomic E-state index is 12.4. The molecule has 0 fully saturated rings. The average Bonchev–Trinajstić information content (AvgIpc) is 3.14. The fourth-order valence-electron chi connectivity index (χ4n) is 2.72. The van der Waals surface area contributed by atoms with E-state index in [2.05, 4.69) is 20.4 Å². The van der Waals surface area contributed by atoms with Crippen molar-refractivity contribution in [2.75, 3.05) is 0 Å². The van der Waals surface area contributed by atoms with Gasteiger partial charge in [-0.15, -0.1) is 0 Å². The summed E-state index contributed by atoms with van der Waals surface area (Å²) in [4.78, 5) is 20.1. The minimum absolute atomic E-state index is 0.206. The highest BCUT2D eigenvalue weighted by Crippen LogP contribution is 2.17. The van der Waals surface area contributed by atoms with Crippen LogP contribution in [-0.4, -0.2) is 25.7 Å². The van der Waals surface area contributed by atoms with E-state index in [0.29, 0.717) is 12.2 Å². The van der Waals surface area contributed by atoms with Crippen molar-refractivity contribution in [1.82, 2.24) is 25.1 Å². The van der Waals surface area contributed by atoms with Crippen molar-refractivity contribution in [3.05, 3.63) is 60.0 Å². The van der Waals surface area contributed by atoms with Crippen LogP contribution in [0.1, 0.15) is 16.3 Å². The third-order valence-corrected chi connectivity index (χ3v) is 3.83. The van der Waals surface area contributed by atoms with Crippen molar-refractivity contribution in [1.29, 1.82) is 0 Å². The Morgan fingerprint density at radius 2 is 1.96 bits per heavy atom. The first-order valence-electron chi connectivity index (χ1n) is 7.36. The Hall–Kier alpha value is -3.15. The van der Waals surface area contributed by atoms with Gasteiger partial charge >= 0.3 is 0 Å². The van der Waals surface area contributed by atoms with Crippen molar-refractivity contribution < 1.29 is 4.79 Å². The van der Waals surface area contributed by atoms with Crippen LogP contribution in [-0.2, 0) is 13.6 Å². The Labute approximate surface area is 132 Å². The molecule has 0 aliphatic heterocycles. The summed E-state index contributed by atoms with van der Waals surface area (Å²) in [6.45, 7) is 0.332. The molecular weight excluding hydrogens is 290 g/mol. The normalized spacial score (nSPS) is 11.2. The van der Waals surface area contributed by atoms with Gasteiger partial charge < -0.3 is 10.3 Å². The molecule has 114 valence electrons. The van der Waals surface area contributed by atoms with Crippen LogP contribution in [0.4, 0.5) is 0 Å². The van der Waals surface area contributed by atoms with Crippen LogP contribution < -0.4 is 5.32 Å². The first-order chi connectivity index (χ1) is 11.2. The number of aromatic nitrogens is 4. The summed E-state index contributed by atoms with van der Waals surface area (Å²) in [5, 5.41) is 8.04. The number of rotatable bonds is 3. The van der Waals surface area contributed by atoms with Crippen LogP contribution in [0.3, 0.4) is 0 Å². The number of para-hydroxylation sites is 3. The summed E-state index contributed by atoms with van der Waals surface area (Å²) < 4.78 is 1.71. The van der Waals surface area contributed by atoms with Gasteiger partial charge in [0.25, 0.3) is 5.91 Å². The second-order valence-corrected chi connectivity index (χ2v) is 5.37. The molecule has 0 unspecified atom stereocenters. The molecule has 1 amide bonds. The number of hydrogen-bond acceptors (Lipinski definition) is 3. The second kappa shape index (κ2) is 5.24. The SMILES string of the molecule is Cn1nc(C(=O)NCc2nc3ccccc3[nH]2)c2ccccc21. The maximum absolute atomic E-state index is 12.4. The summed E-state index contributed by atoms with van der Waals surface area (Å²) in [7, 11) is 1.83. The van der Waals surface area contributed by atoms with Crippen LogP contribution in [0.5, 0.6) is 0 Å². The van der Waals surface area contributed by atoms with Gasteiger partial charge in [0.2, 0.25) is 0 Å². The van der Waals surface area contributed by atoms with Crippen molar-refractivity contribution in [2.24, 2.45) is 7.05 Å². The quantitative estimate of drug-likeness (QED) is 0.610. The Morgan fingerprint density at radius 3 is 2.83 bits per heavy atom. The van der Waals surface area contributed by atoms with Crippen LogP contribution in [0.25, 0.3) is 21.9 Å². The van der Waals surface area contributed by atoms with Gasteiger partial charge in [0, 0.05) is 12.4 Å². The second-order valence-electron chi connectivity index (χ2n) is 5.37. The summed E-state index contributed by atoms with van der Waals surface area (Å²) in [5.41, 5.74) is 3.21. The van der Waals surface area contributed by atoms with Crippen LogP contribution in [0.15, 0.2) is 48.5 Å². The molecule has 0 aliphatic carbocycles. The number of carbonyl (C=O) groups excluding carboxylic acids is 1. The molecule has 0 radical (unpaired) electrons. The Balaban J connectivity index is 1.57. The lowest BCUT2D eigenvalue weighted by atomic mass is 10.2. The van der Waals surface area contributed by atoms with E-state index in [1.807, 2.05) is 55.6 Å². The molecule has 2 aromatic carbocycles. The summed E-state index contributed by atoms with van der Waals surface area (Å²) in [5.74, 6) is 0.516. The third kappa shape index (κ3) is 2.34. The monoisotopic (exact) mass is 305 g/mol. The third-order valence-electron chi connectivity index (χ3n) is 3.83. The summed E-state index contributed by atoms with van der Waals surface area (Å²) in [6, 6.07) is 15.5. The van der Waals surface area contributed by atoms with Gasteiger partial charge in [0.1, 0.15) is 5.82 Å². The van der Waals surface area contributed by atoms with Gasteiger partial charge in [0.15, 0.2) is 5.69 Å². The highest BCUT2D eigenvalue weighted by molar-refractivity contribution is 6.04. The van der Waals surface area contributed by atoms with Crippen LogP contribution in [0, 0.1) is 0 Å². The van der Waals surface area contributed by atoms with E-state index in [-0.39, 0.29) is 5.91 Å². The van der Waals surface area contributed by atoms with E-state index < -0.39 is 0 Å². The van der Waals surface area contributed by atoms with Crippen LogP contribution in [0.2, 0.25) is 0 Å². The molecular formula is C17H15N5O. The van der Waals surface area contributed by atoms with Gasteiger partial charge in [0.05, 0.1) is 23.1 Å². The number of carbonyl (C=O) groups is 1. The number of nitrogens with zero attached hydrogens (tertiary/aromatic N) is 3. The average molecular weight is 305 g/mol. The molecule has 0 bridgehead atoms. The maximum Gasteiger partial charge on any atom is 0.272 e. The fourth-order valence-corrected chi connectivity index (χ4v) is 2.72. The topological polar surface area (TPSA) is 75.6 Å². The van der Waals surface area contributed by atoms with Crippen molar-refractivity contribution in [3.63, 3.8) is 0 Å². The highest BCUT2D eigenvalue weighted by atomic mass is 16.1. The molecule has 2 heterocycles. The van der Waals surface area contributed by atoms with E-state index in [1.54, 1.807) is 4.68 Å². The highest BCUT2D eigenvalue weighted by Gasteiger charge is 2.15. The number of aromatic amines is 1. The van der Waals surface area contributed by atoms with Gasteiger partial charge in [-0.05, 0) is 18.2 Å². The number of aryl methyl sites for hydroxylation is 1. The molecule has 0 spiro atoms. The number of hydrogen-bond donors (Lipinski definition) is 2. The van der Waals surface area contributed by atoms with Gasteiger partial charge in [-0.25, -0.2) is 4.98 Å². The lowest BCUT2D eigenvalue weighted by molar-refractivity contribution is 0.0946. The standard InChI is InChI=1S/C17H15N5O/c1-22-14-9-5-2-6-11(14)16(21-22)17(23)18-10-15-19-12-7-3-4-8-13(12)20-15/h2-9H,10H2,1H3,(H,18,23)(H,19,20). The smallest absolute Gasteiger partial charge is 0.272 e. The van der Waals surface area contributed by atoms with Crippen molar-refractivity contribution >= 4 is 27.8 Å². The molecule has 4 rings (SSSR count). The predicted molar refractivity (Wildman–Crippen MR) is 88.0 cm³/mol. The zero-order valence-electron chi connectivity index (χ0n) is 12.6. The summed E-state index contributed by atoms with van der Waals surface area (Å²) >= 11 is 0.